The maximum atomic E-state index is 12.2. The lowest BCUT2D eigenvalue weighted by Gasteiger charge is -2.11. The van der Waals surface area contributed by atoms with Crippen molar-refractivity contribution in [1.29, 1.82) is 0 Å². The molecule has 0 saturated heterocycles. The zero-order valence-corrected chi connectivity index (χ0v) is 14.5. The van der Waals surface area contributed by atoms with Crippen LogP contribution in [0.2, 0.25) is 0 Å². The van der Waals surface area contributed by atoms with Gasteiger partial charge in [0, 0.05) is 5.56 Å². The van der Waals surface area contributed by atoms with Crippen LogP contribution in [0.25, 0.3) is 0 Å². The molecule has 0 aliphatic heterocycles. The van der Waals surface area contributed by atoms with Crippen molar-refractivity contribution in [3.8, 4) is 0 Å². The third kappa shape index (κ3) is 6.86. The largest absolute Gasteiger partial charge is 0.366 e. The third-order valence-corrected chi connectivity index (χ3v) is 3.57. The van der Waals surface area contributed by atoms with Crippen LogP contribution in [0.15, 0.2) is 47.6 Å². The van der Waals surface area contributed by atoms with Gasteiger partial charge in [-0.1, -0.05) is 53.1 Å². The van der Waals surface area contributed by atoms with Gasteiger partial charge >= 0.3 is 0 Å². The van der Waals surface area contributed by atoms with Crippen molar-refractivity contribution in [2.24, 2.45) is 0 Å². The van der Waals surface area contributed by atoms with E-state index in [2.05, 4.69) is 32.9 Å². The Kier molecular flexibility index (Phi) is 7.83. The molecule has 0 spiro atoms. The van der Waals surface area contributed by atoms with Crippen molar-refractivity contribution in [2.75, 3.05) is 6.61 Å². The Morgan fingerprint density at radius 1 is 1.14 bits per heavy atom. The van der Waals surface area contributed by atoms with Crippen LogP contribution in [-0.2, 0) is 4.74 Å². The molecule has 120 valence electrons. The van der Waals surface area contributed by atoms with E-state index in [1.807, 2.05) is 38.1 Å². The monoisotopic (exact) mass is 300 g/mol. The Morgan fingerprint density at radius 3 is 2.36 bits per heavy atom. The molecular formula is C20H28O2. The van der Waals surface area contributed by atoms with Gasteiger partial charge in [0.05, 0.1) is 6.61 Å². The molecule has 1 atom stereocenters. The Morgan fingerprint density at radius 2 is 1.77 bits per heavy atom. The quantitative estimate of drug-likeness (QED) is 0.482. The van der Waals surface area contributed by atoms with Gasteiger partial charge in [-0.05, 0) is 47.5 Å². The molecule has 0 aliphatic carbocycles. The predicted molar refractivity (Wildman–Crippen MR) is 93.3 cm³/mol. The number of ether oxygens (including phenoxy) is 1. The summed E-state index contributed by atoms with van der Waals surface area (Å²) >= 11 is 0. The van der Waals surface area contributed by atoms with E-state index in [1.54, 1.807) is 0 Å². The number of carbonyl (C=O) groups excluding carboxylic acids is 1. The standard InChI is InChI=1S/C20H28O2/c1-15(2)7-6-8-16(3)13-14-22-18(5)20(21)19-11-9-17(4)10-12-19/h7,9-13,18H,6,8,14H2,1-5H3/b16-13+. The lowest BCUT2D eigenvalue weighted by atomic mass is 10.1. The molecule has 1 unspecified atom stereocenters. The Bertz CT molecular complexity index is 531. The minimum atomic E-state index is -0.412. The number of hydrogen-bond acceptors (Lipinski definition) is 2. The van der Waals surface area contributed by atoms with Crippen molar-refractivity contribution in [3.05, 3.63) is 58.7 Å². The van der Waals surface area contributed by atoms with Crippen molar-refractivity contribution in [3.63, 3.8) is 0 Å². The highest BCUT2D eigenvalue weighted by Gasteiger charge is 2.14. The van der Waals surface area contributed by atoms with Crippen LogP contribution in [0.5, 0.6) is 0 Å². The van der Waals surface area contributed by atoms with E-state index < -0.39 is 6.10 Å². The number of carbonyl (C=O) groups is 1. The number of Topliss-reactive ketones (excluding diaryl/α,β-unsaturated/α-hetero) is 1. The summed E-state index contributed by atoms with van der Waals surface area (Å²) in [5.74, 6) is 0.0376. The van der Waals surface area contributed by atoms with Crippen LogP contribution >= 0.6 is 0 Å². The lowest BCUT2D eigenvalue weighted by Crippen LogP contribution is -2.21. The summed E-state index contributed by atoms with van der Waals surface area (Å²) in [5, 5.41) is 0. The number of ketones is 1. The number of aryl methyl sites for hydroxylation is 1. The summed E-state index contributed by atoms with van der Waals surface area (Å²) in [4.78, 5) is 12.2. The van der Waals surface area contributed by atoms with Crippen molar-refractivity contribution in [2.45, 2.75) is 53.6 Å². The second-order valence-corrected chi connectivity index (χ2v) is 6.08. The van der Waals surface area contributed by atoms with Crippen molar-refractivity contribution >= 4 is 5.78 Å². The second-order valence-electron chi connectivity index (χ2n) is 6.08. The van der Waals surface area contributed by atoms with Gasteiger partial charge in [0.2, 0.25) is 0 Å². The van der Waals surface area contributed by atoms with Gasteiger partial charge in [0.1, 0.15) is 6.10 Å². The normalized spacial score (nSPS) is 12.9. The summed E-state index contributed by atoms with van der Waals surface area (Å²) in [7, 11) is 0. The zero-order chi connectivity index (χ0) is 16.5. The molecule has 0 amide bonds. The first-order valence-electron chi connectivity index (χ1n) is 7.91. The molecule has 0 heterocycles. The topological polar surface area (TPSA) is 26.3 Å². The smallest absolute Gasteiger partial charge is 0.191 e. The number of benzene rings is 1. The summed E-state index contributed by atoms with van der Waals surface area (Å²) in [6.45, 7) is 10.6. The summed E-state index contributed by atoms with van der Waals surface area (Å²) < 4.78 is 5.65. The first kappa shape index (κ1) is 18.4. The van der Waals surface area contributed by atoms with Gasteiger partial charge in [-0.3, -0.25) is 4.79 Å². The molecule has 2 nitrogen and oxygen atoms in total. The van der Waals surface area contributed by atoms with Gasteiger partial charge in [-0.2, -0.15) is 0 Å². The molecule has 1 rings (SSSR count). The highest BCUT2D eigenvalue weighted by molar-refractivity contribution is 5.99. The fraction of sp³-hybridized carbons (Fsp3) is 0.450. The van der Waals surface area contributed by atoms with Crippen molar-refractivity contribution < 1.29 is 9.53 Å². The molecule has 0 fully saturated rings. The highest BCUT2D eigenvalue weighted by atomic mass is 16.5. The van der Waals surface area contributed by atoms with E-state index in [1.165, 1.54) is 11.1 Å². The molecule has 0 bridgehead atoms. The van der Waals surface area contributed by atoms with E-state index in [0.29, 0.717) is 12.2 Å². The molecular weight excluding hydrogens is 272 g/mol. The van der Waals surface area contributed by atoms with Crippen LogP contribution in [0.4, 0.5) is 0 Å². The van der Waals surface area contributed by atoms with Gasteiger partial charge < -0.3 is 4.74 Å². The maximum Gasteiger partial charge on any atom is 0.191 e. The van der Waals surface area contributed by atoms with E-state index in [-0.39, 0.29) is 5.78 Å². The molecule has 2 heteroatoms. The third-order valence-electron chi connectivity index (χ3n) is 3.57. The van der Waals surface area contributed by atoms with Crippen LogP contribution < -0.4 is 0 Å². The van der Waals surface area contributed by atoms with Crippen LogP contribution in [0.1, 0.15) is 56.5 Å². The molecule has 0 saturated carbocycles. The maximum absolute atomic E-state index is 12.2. The van der Waals surface area contributed by atoms with Gasteiger partial charge in [0.25, 0.3) is 0 Å². The number of hydrogen-bond donors (Lipinski definition) is 0. The Labute approximate surface area is 134 Å². The average Bonchev–Trinajstić information content (AvgIpc) is 2.46. The highest BCUT2D eigenvalue weighted by Crippen LogP contribution is 2.10. The summed E-state index contributed by atoms with van der Waals surface area (Å²) in [6, 6.07) is 7.62. The Hall–Kier alpha value is -1.67. The van der Waals surface area contributed by atoms with Gasteiger partial charge in [-0.15, -0.1) is 0 Å². The summed E-state index contributed by atoms with van der Waals surface area (Å²) in [5.41, 5.74) is 4.51. The number of allylic oxidation sites excluding steroid dienone is 3. The SMILES string of the molecule is CC(C)=CCC/C(C)=C/COC(C)C(=O)c1ccc(C)cc1. The molecule has 0 aliphatic rings. The van der Waals surface area contributed by atoms with Crippen LogP contribution in [0, 0.1) is 6.92 Å². The van der Waals surface area contributed by atoms with E-state index >= 15 is 0 Å². The van der Waals surface area contributed by atoms with E-state index in [9.17, 15) is 4.79 Å². The molecule has 0 aromatic heterocycles. The summed E-state index contributed by atoms with van der Waals surface area (Å²) in [6.07, 6.45) is 5.99. The van der Waals surface area contributed by atoms with Gasteiger partial charge in [-0.25, -0.2) is 0 Å². The predicted octanol–water partition coefficient (Wildman–Crippen LogP) is 5.28. The fourth-order valence-electron chi connectivity index (χ4n) is 2.05. The zero-order valence-electron chi connectivity index (χ0n) is 14.5. The van der Waals surface area contributed by atoms with Crippen LogP contribution in [0.3, 0.4) is 0 Å². The minimum Gasteiger partial charge on any atom is -0.366 e. The average molecular weight is 300 g/mol. The minimum absolute atomic E-state index is 0.0376. The first-order valence-corrected chi connectivity index (χ1v) is 7.91. The molecule has 1 aromatic carbocycles. The number of rotatable bonds is 8. The van der Waals surface area contributed by atoms with Crippen LogP contribution in [-0.4, -0.2) is 18.5 Å². The van der Waals surface area contributed by atoms with Gasteiger partial charge in [0.15, 0.2) is 5.78 Å². The lowest BCUT2D eigenvalue weighted by molar-refractivity contribution is 0.0564. The molecule has 0 radical (unpaired) electrons. The Balaban J connectivity index is 2.41. The van der Waals surface area contributed by atoms with E-state index in [4.69, 9.17) is 4.74 Å². The molecule has 22 heavy (non-hydrogen) atoms. The van der Waals surface area contributed by atoms with E-state index in [0.717, 1.165) is 18.4 Å². The first-order chi connectivity index (χ1) is 10.4. The second kappa shape index (κ2) is 9.37. The van der Waals surface area contributed by atoms with Crippen molar-refractivity contribution in [1.82, 2.24) is 0 Å². The molecule has 0 N–H and O–H groups in total. The molecule has 1 aromatic rings. The fourth-order valence-corrected chi connectivity index (χ4v) is 2.05.